The number of pyridine rings is 1. The van der Waals surface area contributed by atoms with E-state index in [2.05, 4.69) is 41.6 Å². The van der Waals surface area contributed by atoms with Crippen LogP contribution in [0.15, 0.2) is 67.0 Å². The summed E-state index contributed by atoms with van der Waals surface area (Å²) in [7, 11) is 0. The summed E-state index contributed by atoms with van der Waals surface area (Å²) in [4.78, 5) is 44.7. The molecule has 0 bridgehead atoms. The molecule has 11 heteroatoms. The summed E-state index contributed by atoms with van der Waals surface area (Å²) in [6, 6.07) is 15.5. The lowest BCUT2D eigenvalue weighted by atomic mass is 10.0. The number of hydrazine groups is 1. The topological polar surface area (TPSA) is 144 Å². The van der Waals surface area contributed by atoms with Gasteiger partial charge in [0, 0.05) is 61.0 Å². The lowest BCUT2D eigenvalue weighted by molar-refractivity contribution is 0.0937. The molecule has 3 amide bonds. The van der Waals surface area contributed by atoms with E-state index in [9.17, 15) is 14.4 Å². The normalized spacial score (nSPS) is 14.0. The maximum Gasteiger partial charge on any atom is 0.337 e. The van der Waals surface area contributed by atoms with Crippen LogP contribution < -0.4 is 26.4 Å². The van der Waals surface area contributed by atoms with Crippen LogP contribution in [0.4, 0.5) is 16.2 Å². The summed E-state index contributed by atoms with van der Waals surface area (Å²) in [5.41, 5.74) is 9.92. The summed E-state index contributed by atoms with van der Waals surface area (Å²) in [6.07, 6.45) is 2.96. The molecule has 0 radical (unpaired) electrons. The van der Waals surface area contributed by atoms with Crippen molar-refractivity contribution in [3.05, 3.63) is 83.7 Å². The van der Waals surface area contributed by atoms with Crippen LogP contribution in [-0.4, -0.2) is 59.1 Å². The second kappa shape index (κ2) is 9.79. The molecule has 4 aromatic rings. The predicted octanol–water partition coefficient (Wildman–Crippen LogP) is 2.56. The number of urea groups is 1. The molecule has 190 valence electrons. The number of H-pyrrole nitrogens is 1. The molecule has 1 aliphatic carbocycles. The zero-order valence-electron chi connectivity index (χ0n) is 20.2. The first-order chi connectivity index (χ1) is 18.6. The number of piperazine rings is 1. The number of rotatable bonds is 4. The molecule has 2 aromatic carbocycles. The first-order valence-corrected chi connectivity index (χ1v) is 12.2. The molecule has 11 nitrogen and oxygen atoms in total. The molecule has 1 saturated heterocycles. The minimum Gasteiger partial charge on any atom is -0.368 e. The molecular formula is C27H24N8O3. The van der Waals surface area contributed by atoms with E-state index in [-0.39, 0.29) is 5.78 Å². The fourth-order valence-electron chi connectivity index (χ4n) is 4.89. The third-order valence-corrected chi connectivity index (χ3v) is 6.65. The largest absolute Gasteiger partial charge is 0.368 e. The molecule has 38 heavy (non-hydrogen) atoms. The van der Waals surface area contributed by atoms with Gasteiger partial charge in [0.2, 0.25) is 0 Å². The monoisotopic (exact) mass is 508 g/mol. The quantitative estimate of drug-likeness (QED) is 0.235. The number of amides is 3. The first kappa shape index (κ1) is 23.4. The Morgan fingerprint density at radius 1 is 0.868 bits per heavy atom. The van der Waals surface area contributed by atoms with Crippen molar-refractivity contribution in [1.29, 1.82) is 0 Å². The minimum absolute atomic E-state index is 0.231. The molecule has 2 aromatic heterocycles. The summed E-state index contributed by atoms with van der Waals surface area (Å²) in [5, 5.41) is 13.6. The van der Waals surface area contributed by atoms with E-state index in [0.29, 0.717) is 39.3 Å². The predicted molar refractivity (Wildman–Crippen MR) is 142 cm³/mol. The molecule has 0 atom stereocenters. The number of carbonyl (C=O) groups is 3. The molecule has 1 fully saturated rings. The van der Waals surface area contributed by atoms with E-state index in [1.54, 1.807) is 12.1 Å². The number of benzene rings is 2. The van der Waals surface area contributed by atoms with E-state index >= 15 is 0 Å². The molecule has 6 rings (SSSR count). The second-order valence-electron chi connectivity index (χ2n) is 8.90. The third-order valence-electron chi connectivity index (χ3n) is 6.65. The van der Waals surface area contributed by atoms with Crippen LogP contribution in [0.3, 0.4) is 0 Å². The van der Waals surface area contributed by atoms with E-state index in [0.717, 1.165) is 37.4 Å². The lowest BCUT2D eigenvalue weighted by Crippen LogP contribution is -2.44. The van der Waals surface area contributed by atoms with Crippen LogP contribution in [-0.2, 0) is 0 Å². The first-order valence-electron chi connectivity index (χ1n) is 12.2. The fourth-order valence-corrected chi connectivity index (χ4v) is 4.89. The highest BCUT2D eigenvalue weighted by Crippen LogP contribution is 2.44. The lowest BCUT2D eigenvalue weighted by Gasteiger charge is -2.31. The van der Waals surface area contributed by atoms with E-state index in [1.165, 1.54) is 24.5 Å². The van der Waals surface area contributed by atoms with Crippen LogP contribution in [0.1, 0.15) is 26.3 Å². The molecule has 2 aliphatic rings. The molecule has 3 heterocycles. The maximum atomic E-state index is 13.8. The van der Waals surface area contributed by atoms with Gasteiger partial charge in [-0.2, -0.15) is 5.10 Å². The van der Waals surface area contributed by atoms with Gasteiger partial charge < -0.3 is 15.5 Å². The number of anilines is 2. The van der Waals surface area contributed by atoms with Gasteiger partial charge in [0.15, 0.2) is 5.78 Å². The Labute approximate surface area is 217 Å². The standard InChI is InChI=1S/C27H24N8O3/c36-25-21-18(5-3-6-19(21)30-27(38)34-33-26(37)16-8-10-28-11-9-16)24-22(25)23(31-32-24)17-4-1-2-7-20(17)35-14-12-29-13-15-35/h1-11,29H,12-15H2,(H,31,32)(H,33,37)(H2,30,34,38). The van der Waals surface area contributed by atoms with Gasteiger partial charge in [-0.25, -0.2) is 10.2 Å². The van der Waals surface area contributed by atoms with E-state index in [1.807, 2.05) is 30.3 Å². The fraction of sp³-hybridized carbons (Fsp3) is 0.148. The SMILES string of the molecule is O=C(NNC(=O)c1ccncc1)Nc1cccc2c1C(=O)c1c(-c3ccccc3N3CCNCC3)n[nH]c1-2. The van der Waals surface area contributed by atoms with Crippen molar-refractivity contribution in [2.75, 3.05) is 36.4 Å². The molecule has 0 unspecified atom stereocenters. The number of ketones is 1. The van der Waals surface area contributed by atoms with Crippen LogP contribution >= 0.6 is 0 Å². The van der Waals surface area contributed by atoms with E-state index in [4.69, 9.17) is 0 Å². The van der Waals surface area contributed by atoms with E-state index < -0.39 is 11.9 Å². The summed E-state index contributed by atoms with van der Waals surface area (Å²) >= 11 is 0. The Bertz CT molecular complexity index is 1540. The number of nitrogens with one attached hydrogen (secondary N) is 5. The number of para-hydroxylation sites is 1. The number of hydrogen-bond donors (Lipinski definition) is 5. The van der Waals surface area contributed by atoms with Gasteiger partial charge in [0.25, 0.3) is 5.91 Å². The number of hydrogen-bond acceptors (Lipinski definition) is 7. The van der Waals surface area contributed by atoms with Crippen LogP contribution in [0.2, 0.25) is 0 Å². The van der Waals surface area contributed by atoms with Gasteiger partial charge in [0.1, 0.15) is 5.69 Å². The van der Waals surface area contributed by atoms with Crippen molar-refractivity contribution in [3.63, 3.8) is 0 Å². The van der Waals surface area contributed by atoms with Gasteiger partial charge in [0.05, 0.1) is 22.5 Å². The van der Waals surface area contributed by atoms with Crippen molar-refractivity contribution < 1.29 is 14.4 Å². The van der Waals surface area contributed by atoms with Gasteiger partial charge in [-0.3, -0.25) is 25.1 Å². The van der Waals surface area contributed by atoms with Crippen LogP contribution in [0.25, 0.3) is 22.5 Å². The maximum absolute atomic E-state index is 13.8. The number of aromatic nitrogens is 3. The van der Waals surface area contributed by atoms with Crippen LogP contribution in [0.5, 0.6) is 0 Å². The van der Waals surface area contributed by atoms with Crippen molar-refractivity contribution >= 4 is 29.1 Å². The van der Waals surface area contributed by atoms with Crippen LogP contribution in [0, 0.1) is 0 Å². The molecule has 0 saturated carbocycles. The third kappa shape index (κ3) is 4.14. The Hall–Kier alpha value is -5.03. The summed E-state index contributed by atoms with van der Waals surface area (Å²) in [5.74, 6) is -0.726. The van der Waals surface area contributed by atoms with Gasteiger partial charge in [-0.05, 0) is 24.3 Å². The van der Waals surface area contributed by atoms with Gasteiger partial charge in [-0.1, -0.05) is 30.3 Å². The van der Waals surface area contributed by atoms with Crippen molar-refractivity contribution in [2.24, 2.45) is 0 Å². The number of nitrogens with zero attached hydrogens (tertiary/aromatic N) is 3. The molecular weight excluding hydrogens is 484 g/mol. The Morgan fingerprint density at radius 3 is 2.45 bits per heavy atom. The summed E-state index contributed by atoms with van der Waals surface area (Å²) in [6.45, 7) is 3.49. The highest BCUT2D eigenvalue weighted by atomic mass is 16.2. The zero-order chi connectivity index (χ0) is 26.1. The highest BCUT2D eigenvalue weighted by molar-refractivity contribution is 6.27. The average Bonchev–Trinajstić information content (AvgIpc) is 3.52. The Kier molecular flexibility index (Phi) is 6.02. The Balaban J connectivity index is 1.25. The Morgan fingerprint density at radius 2 is 1.63 bits per heavy atom. The smallest absolute Gasteiger partial charge is 0.337 e. The average molecular weight is 509 g/mol. The zero-order valence-corrected chi connectivity index (χ0v) is 20.2. The van der Waals surface area contributed by atoms with Gasteiger partial charge in [-0.15, -0.1) is 0 Å². The molecule has 5 N–H and O–H groups in total. The number of carbonyl (C=O) groups excluding carboxylic acids is 3. The molecule has 0 spiro atoms. The van der Waals surface area contributed by atoms with Gasteiger partial charge >= 0.3 is 6.03 Å². The highest BCUT2D eigenvalue weighted by Gasteiger charge is 2.35. The number of fused-ring (bicyclic) bond motifs is 3. The molecule has 1 aliphatic heterocycles. The summed E-state index contributed by atoms with van der Waals surface area (Å²) < 4.78 is 0. The number of aromatic amines is 1. The minimum atomic E-state index is -0.688. The van der Waals surface area contributed by atoms with Crippen molar-refractivity contribution in [3.8, 4) is 22.5 Å². The van der Waals surface area contributed by atoms with Crippen molar-refractivity contribution in [1.82, 2.24) is 31.3 Å². The van der Waals surface area contributed by atoms with Crippen molar-refractivity contribution in [2.45, 2.75) is 0 Å². The second-order valence-corrected chi connectivity index (χ2v) is 8.90.